The van der Waals surface area contributed by atoms with Crippen molar-refractivity contribution in [2.45, 2.75) is 13.0 Å². The number of nitrogens with zero attached hydrogens (tertiary/aromatic N) is 4. The number of piperazine rings is 1. The number of benzene rings is 3. The Hall–Kier alpha value is -3.64. The van der Waals surface area contributed by atoms with Crippen molar-refractivity contribution in [1.82, 2.24) is 14.7 Å². The van der Waals surface area contributed by atoms with Gasteiger partial charge in [-0.15, -0.1) is 0 Å². The van der Waals surface area contributed by atoms with Gasteiger partial charge in [0.2, 0.25) is 5.91 Å². The Morgan fingerprint density at radius 3 is 1.89 bits per heavy atom. The van der Waals surface area contributed by atoms with Gasteiger partial charge in [0.25, 0.3) is 0 Å². The molecule has 35 heavy (non-hydrogen) atoms. The minimum atomic E-state index is -0.0888. The minimum absolute atomic E-state index is 0.0275. The second-order valence-corrected chi connectivity index (χ2v) is 9.33. The third-order valence-corrected chi connectivity index (χ3v) is 7.03. The summed E-state index contributed by atoms with van der Waals surface area (Å²) in [6.45, 7) is 6.27. The van der Waals surface area contributed by atoms with E-state index in [1.807, 2.05) is 48.2 Å². The number of hydrogen-bond acceptors (Lipinski definition) is 3. The highest BCUT2D eigenvalue weighted by Crippen LogP contribution is 2.29. The third kappa shape index (κ3) is 5.08. The van der Waals surface area contributed by atoms with E-state index in [1.54, 1.807) is 9.80 Å². The van der Waals surface area contributed by atoms with E-state index in [1.165, 1.54) is 11.1 Å². The zero-order valence-electron chi connectivity index (χ0n) is 20.2. The highest BCUT2D eigenvalue weighted by molar-refractivity contribution is 5.96. The molecule has 0 aromatic heterocycles. The number of anilines is 1. The number of amides is 3. The molecule has 0 saturated carbocycles. The van der Waals surface area contributed by atoms with Crippen molar-refractivity contribution >= 4 is 17.6 Å². The van der Waals surface area contributed by atoms with E-state index in [2.05, 4.69) is 53.4 Å². The van der Waals surface area contributed by atoms with Crippen LogP contribution in [0.15, 0.2) is 84.9 Å². The summed E-state index contributed by atoms with van der Waals surface area (Å²) in [4.78, 5) is 33.8. The Balaban J connectivity index is 1.20. The van der Waals surface area contributed by atoms with E-state index in [0.717, 1.165) is 24.3 Å². The molecule has 2 aliphatic rings. The van der Waals surface area contributed by atoms with Gasteiger partial charge in [0.05, 0.1) is 6.04 Å². The van der Waals surface area contributed by atoms with Crippen molar-refractivity contribution in [3.8, 4) is 0 Å². The molecule has 3 aromatic carbocycles. The largest absolute Gasteiger partial charge is 0.339 e. The van der Waals surface area contributed by atoms with Gasteiger partial charge in [-0.3, -0.25) is 14.6 Å². The molecule has 2 fully saturated rings. The number of rotatable bonds is 6. The molecule has 0 radical (unpaired) electrons. The quantitative estimate of drug-likeness (QED) is 0.546. The summed E-state index contributed by atoms with van der Waals surface area (Å²) in [6.07, 6.45) is 0. The molecule has 6 heteroatoms. The van der Waals surface area contributed by atoms with Crippen LogP contribution in [0.1, 0.15) is 22.7 Å². The molecule has 2 heterocycles. The lowest BCUT2D eigenvalue weighted by atomic mass is 9.96. The highest BCUT2D eigenvalue weighted by Gasteiger charge is 2.33. The highest BCUT2D eigenvalue weighted by atomic mass is 16.2. The predicted octanol–water partition coefficient (Wildman–Crippen LogP) is 4.17. The number of aryl methyl sites for hydroxylation is 1. The zero-order chi connectivity index (χ0) is 24.2. The molecule has 0 atom stereocenters. The van der Waals surface area contributed by atoms with Gasteiger partial charge in [-0.25, -0.2) is 4.79 Å². The van der Waals surface area contributed by atoms with Crippen LogP contribution in [0.5, 0.6) is 0 Å². The molecule has 2 saturated heterocycles. The van der Waals surface area contributed by atoms with E-state index >= 15 is 0 Å². The minimum Gasteiger partial charge on any atom is -0.339 e. The molecule has 3 aromatic rings. The fraction of sp³-hybridized carbons (Fsp3) is 0.310. The van der Waals surface area contributed by atoms with Crippen LogP contribution in [0.3, 0.4) is 0 Å². The van der Waals surface area contributed by atoms with Gasteiger partial charge in [-0.05, 0) is 30.2 Å². The number of urea groups is 1. The number of carbonyl (C=O) groups excluding carboxylic acids is 2. The molecular formula is C29H32N4O2. The van der Waals surface area contributed by atoms with Gasteiger partial charge in [0.15, 0.2) is 0 Å². The lowest BCUT2D eigenvalue weighted by molar-refractivity contribution is -0.133. The standard InChI is InChI=1S/C29H32N4O2/c1-23-12-14-26(15-13-23)33-21-20-32(29(33)35)22-27(34)30-16-18-31(19-17-30)28(24-8-4-2-5-9-24)25-10-6-3-7-11-25/h2-15,28H,16-22H2,1H3. The van der Waals surface area contributed by atoms with Gasteiger partial charge < -0.3 is 9.80 Å². The monoisotopic (exact) mass is 468 g/mol. The average Bonchev–Trinajstić information content (AvgIpc) is 3.26. The second kappa shape index (κ2) is 10.3. The Morgan fingerprint density at radius 1 is 0.743 bits per heavy atom. The maximum atomic E-state index is 13.1. The zero-order valence-corrected chi connectivity index (χ0v) is 20.2. The molecule has 0 N–H and O–H groups in total. The summed E-state index contributed by atoms with van der Waals surface area (Å²) in [5, 5.41) is 0. The normalized spacial score (nSPS) is 16.9. The first-order chi connectivity index (χ1) is 17.1. The molecule has 0 aliphatic carbocycles. The molecule has 6 nitrogen and oxygen atoms in total. The van der Waals surface area contributed by atoms with Crippen molar-refractivity contribution in [3.63, 3.8) is 0 Å². The second-order valence-electron chi connectivity index (χ2n) is 9.33. The predicted molar refractivity (Wildman–Crippen MR) is 138 cm³/mol. The van der Waals surface area contributed by atoms with Crippen molar-refractivity contribution in [1.29, 1.82) is 0 Å². The van der Waals surface area contributed by atoms with Crippen LogP contribution in [0, 0.1) is 6.92 Å². The van der Waals surface area contributed by atoms with Gasteiger partial charge in [0, 0.05) is 45.0 Å². The lowest BCUT2D eigenvalue weighted by Gasteiger charge is -2.40. The first kappa shape index (κ1) is 23.1. The van der Waals surface area contributed by atoms with E-state index in [9.17, 15) is 9.59 Å². The summed E-state index contributed by atoms with van der Waals surface area (Å²) in [5.41, 5.74) is 4.57. The van der Waals surface area contributed by atoms with Crippen molar-refractivity contribution < 1.29 is 9.59 Å². The van der Waals surface area contributed by atoms with Crippen LogP contribution in [-0.2, 0) is 4.79 Å². The van der Waals surface area contributed by atoms with Crippen molar-refractivity contribution in [2.75, 3.05) is 50.7 Å². The van der Waals surface area contributed by atoms with Gasteiger partial charge in [0.1, 0.15) is 6.54 Å². The number of hydrogen-bond donors (Lipinski definition) is 0. The fourth-order valence-corrected chi connectivity index (χ4v) is 5.07. The van der Waals surface area contributed by atoms with Crippen LogP contribution in [0.4, 0.5) is 10.5 Å². The molecule has 0 spiro atoms. The first-order valence-corrected chi connectivity index (χ1v) is 12.3. The maximum absolute atomic E-state index is 13.1. The van der Waals surface area contributed by atoms with E-state index in [-0.39, 0.29) is 24.5 Å². The fourth-order valence-electron chi connectivity index (χ4n) is 5.07. The molecule has 5 rings (SSSR count). The molecule has 3 amide bonds. The third-order valence-electron chi connectivity index (χ3n) is 7.03. The van der Waals surface area contributed by atoms with Gasteiger partial charge in [-0.2, -0.15) is 0 Å². The summed E-state index contributed by atoms with van der Waals surface area (Å²) in [6, 6.07) is 29.1. The Kier molecular flexibility index (Phi) is 6.82. The van der Waals surface area contributed by atoms with Crippen LogP contribution in [0.25, 0.3) is 0 Å². The molecular weight excluding hydrogens is 436 g/mol. The lowest BCUT2D eigenvalue weighted by Crippen LogP contribution is -2.52. The van der Waals surface area contributed by atoms with Crippen LogP contribution < -0.4 is 4.90 Å². The van der Waals surface area contributed by atoms with Crippen LogP contribution in [-0.4, -0.2) is 72.5 Å². The van der Waals surface area contributed by atoms with Crippen molar-refractivity contribution in [3.05, 3.63) is 102 Å². The van der Waals surface area contributed by atoms with Crippen LogP contribution >= 0.6 is 0 Å². The average molecular weight is 469 g/mol. The Labute approximate surface area is 207 Å². The van der Waals surface area contributed by atoms with E-state index < -0.39 is 0 Å². The van der Waals surface area contributed by atoms with E-state index in [4.69, 9.17) is 0 Å². The number of carbonyl (C=O) groups is 2. The molecule has 0 bridgehead atoms. The summed E-state index contributed by atoms with van der Waals surface area (Å²) in [7, 11) is 0. The SMILES string of the molecule is Cc1ccc(N2CCN(CC(=O)N3CCN(C(c4ccccc4)c4ccccc4)CC3)C2=O)cc1. The van der Waals surface area contributed by atoms with E-state index in [0.29, 0.717) is 26.2 Å². The van der Waals surface area contributed by atoms with Gasteiger partial charge >= 0.3 is 6.03 Å². The topological polar surface area (TPSA) is 47.1 Å². The smallest absolute Gasteiger partial charge is 0.325 e. The first-order valence-electron chi connectivity index (χ1n) is 12.3. The Bertz CT molecular complexity index is 1100. The maximum Gasteiger partial charge on any atom is 0.325 e. The summed E-state index contributed by atoms with van der Waals surface area (Å²) in [5.74, 6) is 0.0275. The van der Waals surface area contributed by atoms with Crippen molar-refractivity contribution in [2.24, 2.45) is 0 Å². The van der Waals surface area contributed by atoms with Gasteiger partial charge in [-0.1, -0.05) is 78.4 Å². The molecule has 180 valence electrons. The van der Waals surface area contributed by atoms with Crippen LogP contribution in [0.2, 0.25) is 0 Å². The molecule has 2 aliphatic heterocycles. The Morgan fingerprint density at radius 2 is 1.31 bits per heavy atom. The summed E-state index contributed by atoms with van der Waals surface area (Å²) >= 11 is 0. The summed E-state index contributed by atoms with van der Waals surface area (Å²) < 4.78 is 0. The molecule has 0 unspecified atom stereocenters.